The third-order valence-corrected chi connectivity index (χ3v) is 5.64. The summed E-state index contributed by atoms with van der Waals surface area (Å²) in [4.78, 5) is 4.94. The fourth-order valence-corrected chi connectivity index (χ4v) is 4.24. The van der Waals surface area contributed by atoms with E-state index in [4.69, 9.17) is 4.74 Å². The molecule has 0 unspecified atom stereocenters. The maximum absolute atomic E-state index is 6.32. The van der Waals surface area contributed by atoms with Gasteiger partial charge < -0.3 is 14.5 Å². The van der Waals surface area contributed by atoms with Crippen LogP contribution in [0.4, 0.5) is 11.4 Å². The van der Waals surface area contributed by atoms with E-state index in [2.05, 4.69) is 46.2 Å². The number of rotatable bonds is 2. The fraction of sp³-hybridized carbons (Fsp3) is 0.429. The lowest BCUT2D eigenvalue weighted by atomic mass is 9.99. The molecule has 0 saturated carbocycles. The van der Waals surface area contributed by atoms with Gasteiger partial charge in [0.15, 0.2) is 0 Å². The van der Waals surface area contributed by atoms with Gasteiger partial charge in [0.1, 0.15) is 11.5 Å². The molecular weight excluding hydrogens is 367 g/mol. The zero-order valence-electron chi connectivity index (χ0n) is 14.9. The molecule has 0 radical (unpaired) electrons. The second-order valence-corrected chi connectivity index (χ2v) is 7.25. The molecule has 2 aromatic rings. The quantitative estimate of drug-likeness (QED) is 0.578. The molecule has 3 aliphatic heterocycles. The number of anilines is 2. The number of nitrogens with zero attached hydrogens (tertiary/aromatic N) is 2. The number of hydrogen-bond donors (Lipinski definition) is 0. The molecule has 0 aromatic heterocycles. The summed E-state index contributed by atoms with van der Waals surface area (Å²) in [6.07, 6.45) is 6.20. The highest BCUT2D eigenvalue weighted by atomic mass is 35.5. The molecule has 3 heterocycles. The Kier molecular flexibility index (Phi) is 5.89. The Hall–Kier alpha value is -1.58. The van der Waals surface area contributed by atoms with E-state index in [9.17, 15) is 0 Å². The molecule has 0 atom stereocenters. The highest BCUT2D eigenvalue weighted by Gasteiger charge is 2.21. The van der Waals surface area contributed by atoms with E-state index < -0.39 is 0 Å². The van der Waals surface area contributed by atoms with Gasteiger partial charge in [-0.15, -0.1) is 24.8 Å². The van der Waals surface area contributed by atoms with Crippen LogP contribution in [-0.4, -0.2) is 26.2 Å². The van der Waals surface area contributed by atoms with Gasteiger partial charge in [0.05, 0.1) is 0 Å². The third-order valence-electron chi connectivity index (χ3n) is 5.64. The molecule has 5 rings (SSSR count). The molecular formula is C21H26Cl2N2O. The molecule has 0 aliphatic carbocycles. The largest absolute Gasteiger partial charge is 0.457 e. The molecule has 3 aliphatic rings. The second kappa shape index (κ2) is 7.98. The van der Waals surface area contributed by atoms with Crippen molar-refractivity contribution in [2.75, 3.05) is 36.0 Å². The van der Waals surface area contributed by atoms with Crippen LogP contribution >= 0.6 is 24.8 Å². The Morgan fingerprint density at radius 3 is 1.46 bits per heavy atom. The van der Waals surface area contributed by atoms with Crippen LogP contribution in [0.2, 0.25) is 0 Å². The summed E-state index contributed by atoms with van der Waals surface area (Å²) >= 11 is 0. The first-order valence-corrected chi connectivity index (χ1v) is 9.30. The van der Waals surface area contributed by atoms with Crippen molar-refractivity contribution in [2.45, 2.75) is 32.1 Å². The van der Waals surface area contributed by atoms with Crippen molar-refractivity contribution in [1.82, 2.24) is 0 Å². The summed E-state index contributed by atoms with van der Waals surface area (Å²) < 4.78 is 6.32. The Labute approximate surface area is 168 Å². The van der Waals surface area contributed by atoms with Crippen molar-refractivity contribution in [1.29, 1.82) is 0 Å². The Bertz CT molecular complexity index is 705. The SMILES string of the molecule is Cl.Cl.c1cc2c(cc1N1CCCC1)Oc1cc(N3CCCC3)ccc1C2. The van der Waals surface area contributed by atoms with Crippen molar-refractivity contribution >= 4 is 36.2 Å². The minimum atomic E-state index is 0. The summed E-state index contributed by atoms with van der Waals surface area (Å²) in [5.41, 5.74) is 5.23. The van der Waals surface area contributed by atoms with Crippen LogP contribution in [0.3, 0.4) is 0 Å². The lowest BCUT2D eigenvalue weighted by Crippen LogP contribution is -2.18. The van der Waals surface area contributed by atoms with E-state index in [0.717, 1.165) is 17.9 Å². The standard InChI is InChI=1S/C21H24N2O.2ClH/c1-2-10-22(9-1)18-7-5-16-13-17-6-8-19(23-11-3-4-12-23)15-21(17)24-20(16)14-18;;/h5-8,14-15H,1-4,9-13H2;2*1H. The summed E-state index contributed by atoms with van der Waals surface area (Å²) in [6, 6.07) is 13.5. The van der Waals surface area contributed by atoms with Gasteiger partial charge in [0.2, 0.25) is 0 Å². The third kappa shape index (κ3) is 3.47. The molecule has 140 valence electrons. The first-order chi connectivity index (χ1) is 11.9. The molecule has 0 N–H and O–H groups in total. The number of fused-ring (bicyclic) bond motifs is 2. The van der Waals surface area contributed by atoms with Gasteiger partial charge in [-0.1, -0.05) is 12.1 Å². The summed E-state index contributed by atoms with van der Waals surface area (Å²) in [5.74, 6) is 2.09. The van der Waals surface area contributed by atoms with Crippen LogP contribution in [0, 0.1) is 0 Å². The van der Waals surface area contributed by atoms with Crippen LogP contribution < -0.4 is 14.5 Å². The van der Waals surface area contributed by atoms with Crippen molar-refractivity contribution < 1.29 is 4.74 Å². The molecule has 5 heteroatoms. The minimum Gasteiger partial charge on any atom is -0.457 e. The maximum atomic E-state index is 6.32. The normalized spacial score (nSPS) is 17.7. The zero-order valence-corrected chi connectivity index (χ0v) is 16.6. The molecule has 3 nitrogen and oxygen atoms in total. The van der Waals surface area contributed by atoms with Crippen LogP contribution in [0.15, 0.2) is 36.4 Å². The number of hydrogen-bond acceptors (Lipinski definition) is 3. The molecule has 0 amide bonds. The fourth-order valence-electron chi connectivity index (χ4n) is 4.24. The van der Waals surface area contributed by atoms with E-state index in [1.807, 2.05) is 0 Å². The first-order valence-electron chi connectivity index (χ1n) is 9.30. The average Bonchev–Trinajstić information content (AvgIpc) is 3.32. The van der Waals surface area contributed by atoms with Gasteiger partial charge in [0, 0.05) is 56.1 Å². The smallest absolute Gasteiger partial charge is 0.133 e. The van der Waals surface area contributed by atoms with Gasteiger partial charge in [0.25, 0.3) is 0 Å². The van der Waals surface area contributed by atoms with Crippen molar-refractivity contribution in [3.8, 4) is 11.5 Å². The highest BCUT2D eigenvalue weighted by Crippen LogP contribution is 2.40. The lowest BCUT2D eigenvalue weighted by Gasteiger charge is -2.25. The number of halogens is 2. The van der Waals surface area contributed by atoms with Crippen molar-refractivity contribution in [3.05, 3.63) is 47.5 Å². The van der Waals surface area contributed by atoms with Crippen LogP contribution in [0.1, 0.15) is 36.8 Å². The predicted octanol–water partition coefficient (Wildman–Crippen LogP) is 5.43. The summed E-state index contributed by atoms with van der Waals surface area (Å²) in [7, 11) is 0. The minimum absolute atomic E-state index is 0. The second-order valence-electron chi connectivity index (χ2n) is 7.25. The first kappa shape index (κ1) is 19.2. The average molecular weight is 393 g/mol. The van der Waals surface area contributed by atoms with E-state index in [0.29, 0.717) is 0 Å². The Balaban J connectivity index is 0.000000980. The summed E-state index contributed by atoms with van der Waals surface area (Å²) in [5, 5.41) is 0. The van der Waals surface area contributed by atoms with E-state index >= 15 is 0 Å². The van der Waals surface area contributed by atoms with Crippen LogP contribution in [0.25, 0.3) is 0 Å². The van der Waals surface area contributed by atoms with Crippen LogP contribution in [-0.2, 0) is 6.42 Å². The molecule has 2 saturated heterocycles. The number of benzene rings is 2. The Morgan fingerprint density at radius 2 is 1.04 bits per heavy atom. The zero-order chi connectivity index (χ0) is 15.9. The maximum Gasteiger partial charge on any atom is 0.133 e. The molecule has 0 spiro atoms. The number of ether oxygens (including phenoxy) is 1. The lowest BCUT2D eigenvalue weighted by molar-refractivity contribution is 0.460. The van der Waals surface area contributed by atoms with E-state index in [-0.39, 0.29) is 24.8 Å². The van der Waals surface area contributed by atoms with Gasteiger partial charge >= 0.3 is 0 Å². The Morgan fingerprint density at radius 1 is 0.615 bits per heavy atom. The monoisotopic (exact) mass is 392 g/mol. The molecule has 26 heavy (non-hydrogen) atoms. The van der Waals surface area contributed by atoms with E-state index in [1.165, 1.54) is 74.4 Å². The van der Waals surface area contributed by atoms with Crippen molar-refractivity contribution in [2.24, 2.45) is 0 Å². The topological polar surface area (TPSA) is 15.7 Å². The van der Waals surface area contributed by atoms with Gasteiger partial charge in [-0.25, -0.2) is 0 Å². The molecule has 2 aromatic carbocycles. The van der Waals surface area contributed by atoms with E-state index in [1.54, 1.807) is 0 Å². The van der Waals surface area contributed by atoms with Crippen molar-refractivity contribution in [3.63, 3.8) is 0 Å². The molecule has 0 bridgehead atoms. The van der Waals surface area contributed by atoms with Gasteiger partial charge in [-0.05, 0) is 48.9 Å². The molecule has 2 fully saturated rings. The van der Waals surface area contributed by atoms with Gasteiger partial charge in [-0.2, -0.15) is 0 Å². The predicted molar refractivity (Wildman–Crippen MR) is 113 cm³/mol. The van der Waals surface area contributed by atoms with Crippen LogP contribution in [0.5, 0.6) is 11.5 Å². The highest BCUT2D eigenvalue weighted by molar-refractivity contribution is 5.85. The summed E-state index contributed by atoms with van der Waals surface area (Å²) in [6.45, 7) is 4.70. The van der Waals surface area contributed by atoms with Gasteiger partial charge in [-0.3, -0.25) is 0 Å².